The smallest absolute Gasteiger partial charge is 0.227 e. The van der Waals surface area contributed by atoms with Crippen molar-refractivity contribution >= 4 is 12.2 Å². The van der Waals surface area contributed by atoms with Gasteiger partial charge in [-0.05, 0) is 41.8 Å². The molecular formula is C21H18N2O2. The van der Waals surface area contributed by atoms with Crippen LogP contribution in [0.15, 0.2) is 59.3 Å². The number of fused-ring (bicyclic) bond motifs is 1. The number of rotatable bonds is 4. The molecule has 1 aliphatic rings. The van der Waals surface area contributed by atoms with Gasteiger partial charge < -0.3 is 9.15 Å². The Morgan fingerprint density at radius 2 is 2.20 bits per heavy atom. The second kappa shape index (κ2) is 6.77. The van der Waals surface area contributed by atoms with Gasteiger partial charge in [-0.3, -0.25) is 4.98 Å². The number of nitrogens with zero attached hydrogens (tertiary/aromatic N) is 2. The van der Waals surface area contributed by atoms with Crippen LogP contribution in [0.3, 0.4) is 0 Å². The van der Waals surface area contributed by atoms with Gasteiger partial charge in [0, 0.05) is 24.4 Å². The third-order valence-electron chi connectivity index (χ3n) is 4.16. The fourth-order valence-electron chi connectivity index (χ4n) is 2.89. The van der Waals surface area contributed by atoms with E-state index in [2.05, 4.69) is 34.3 Å². The highest BCUT2D eigenvalue weighted by atomic mass is 16.5. The maximum absolute atomic E-state index is 5.92. The van der Waals surface area contributed by atoms with Crippen LogP contribution in [0.5, 0.6) is 5.75 Å². The van der Waals surface area contributed by atoms with E-state index in [9.17, 15) is 0 Å². The lowest BCUT2D eigenvalue weighted by Crippen LogP contribution is -2.20. The number of oxazole rings is 1. The van der Waals surface area contributed by atoms with Crippen molar-refractivity contribution in [2.45, 2.75) is 12.8 Å². The lowest BCUT2D eigenvalue weighted by molar-refractivity contribution is 0.410. The topological polar surface area (TPSA) is 48.2 Å². The zero-order valence-corrected chi connectivity index (χ0v) is 14.0. The fourth-order valence-corrected chi connectivity index (χ4v) is 2.89. The van der Waals surface area contributed by atoms with Gasteiger partial charge in [0.05, 0.1) is 7.11 Å². The van der Waals surface area contributed by atoms with Crippen molar-refractivity contribution in [2.75, 3.05) is 7.11 Å². The normalized spacial score (nSPS) is 12.7. The summed E-state index contributed by atoms with van der Waals surface area (Å²) in [6.07, 6.45) is 13.4. The second-order valence-corrected chi connectivity index (χ2v) is 5.87. The Morgan fingerprint density at radius 3 is 3.04 bits per heavy atom. The number of benzene rings is 1. The molecule has 0 saturated carbocycles. The summed E-state index contributed by atoms with van der Waals surface area (Å²) in [5.74, 6) is 1.43. The van der Waals surface area contributed by atoms with Crippen LogP contribution in [0.25, 0.3) is 23.6 Å². The number of aromatic nitrogens is 2. The van der Waals surface area contributed by atoms with E-state index in [1.54, 1.807) is 13.3 Å². The summed E-state index contributed by atoms with van der Waals surface area (Å²) >= 11 is 0. The molecule has 3 aromatic rings. The molecule has 0 unspecified atom stereocenters. The molecule has 0 atom stereocenters. The van der Waals surface area contributed by atoms with Crippen LogP contribution in [0.1, 0.15) is 17.5 Å². The first-order valence-electron chi connectivity index (χ1n) is 8.23. The van der Waals surface area contributed by atoms with E-state index in [0.29, 0.717) is 5.89 Å². The van der Waals surface area contributed by atoms with Crippen LogP contribution in [0.4, 0.5) is 0 Å². The fraction of sp³-hybridized carbons (Fsp3) is 0.143. The lowest BCUT2D eigenvalue weighted by atomic mass is 10.0. The van der Waals surface area contributed by atoms with Crippen molar-refractivity contribution in [3.05, 3.63) is 76.8 Å². The average Bonchev–Trinajstić information content (AvgIpc) is 2.93. The Balaban J connectivity index is 1.71. The maximum Gasteiger partial charge on any atom is 0.227 e. The molecule has 0 amide bonds. The molecule has 25 heavy (non-hydrogen) atoms. The van der Waals surface area contributed by atoms with E-state index in [-0.39, 0.29) is 0 Å². The van der Waals surface area contributed by atoms with Gasteiger partial charge in [0.25, 0.3) is 0 Å². The Bertz CT molecular complexity index is 1030. The quantitative estimate of drug-likeness (QED) is 0.738. The highest BCUT2D eigenvalue weighted by molar-refractivity contribution is 5.59. The van der Waals surface area contributed by atoms with Crippen molar-refractivity contribution < 1.29 is 9.15 Å². The van der Waals surface area contributed by atoms with E-state index in [0.717, 1.165) is 46.0 Å². The summed E-state index contributed by atoms with van der Waals surface area (Å²) in [6, 6.07) is 10.1. The molecule has 0 radical (unpaired) electrons. The lowest BCUT2D eigenvalue weighted by Gasteiger charge is -2.09. The number of hydrogen-bond acceptors (Lipinski definition) is 4. The zero-order valence-electron chi connectivity index (χ0n) is 14.0. The minimum absolute atomic E-state index is 0.610. The first-order valence-corrected chi connectivity index (χ1v) is 8.23. The van der Waals surface area contributed by atoms with Crippen LogP contribution in [0, 0.1) is 0 Å². The monoisotopic (exact) mass is 330 g/mol. The largest absolute Gasteiger partial charge is 0.496 e. The van der Waals surface area contributed by atoms with Crippen LogP contribution in [-0.4, -0.2) is 17.1 Å². The van der Waals surface area contributed by atoms with Gasteiger partial charge in [-0.15, -0.1) is 0 Å². The van der Waals surface area contributed by atoms with Crippen molar-refractivity contribution in [3.8, 4) is 17.2 Å². The van der Waals surface area contributed by atoms with Crippen LogP contribution in [-0.2, 0) is 6.42 Å². The van der Waals surface area contributed by atoms with Crippen molar-refractivity contribution in [3.63, 3.8) is 0 Å². The predicted molar refractivity (Wildman–Crippen MR) is 97.5 cm³/mol. The Labute approximate surface area is 145 Å². The number of allylic oxidation sites excluding steroid dienone is 2. The minimum Gasteiger partial charge on any atom is -0.496 e. The van der Waals surface area contributed by atoms with Gasteiger partial charge in [-0.2, -0.15) is 0 Å². The summed E-state index contributed by atoms with van der Waals surface area (Å²) in [7, 11) is 1.68. The molecule has 0 aliphatic heterocycles. The van der Waals surface area contributed by atoms with Crippen molar-refractivity contribution in [2.24, 2.45) is 0 Å². The first-order chi connectivity index (χ1) is 12.3. The molecule has 2 heterocycles. The van der Waals surface area contributed by atoms with Gasteiger partial charge in [0.2, 0.25) is 5.89 Å². The average molecular weight is 330 g/mol. The summed E-state index contributed by atoms with van der Waals surface area (Å²) in [4.78, 5) is 8.78. The minimum atomic E-state index is 0.610. The molecular weight excluding hydrogens is 312 g/mol. The molecule has 0 bridgehead atoms. The number of methoxy groups -OCH3 is 1. The standard InChI is InChI=1S/C21H18N2O2/c1-24-20-13-17(10-9-16(20)12-15-6-5-11-22-14-15)21-23-18-7-3-2-4-8-19(18)25-21/h2,4-11,13-14H,3,12H2,1H3. The van der Waals surface area contributed by atoms with E-state index in [1.165, 1.54) is 0 Å². The molecule has 1 aliphatic carbocycles. The van der Waals surface area contributed by atoms with Gasteiger partial charge in [0.1, 0.15) is 11.1 Å². The first kappa shape index (κ1) is 15.4. The molecule has 2 aromatic heterocycles. The van der Waals surface area contributed by atoms with E-state index in [4.69, 9.17) is 9.15 Å². The van der Waals surface area contributed by atoms with E-state index >= 15 is 0 Å². The summed E-state index contributed by atoms with van der Waals surface area (Å²) < 4.78 is 11.5. The molecule has 4 heteroatoms. The number of pyridine rings is 1. The highest BCUT2D eigenvalue weighted by Crippen LogP contribution is 2.27. The number of hydrogen-bond donors (Lipinski definition) is 0. The third kappa shape index (κ3) is 3.24. The molecule has 124 valence electrons. The van der Waals surface area contributed by atoms with Gasteiger partial charge in [-0.25, -0.2) is 4.98 Å². The number of ether oxygens (including phenoxy) is 1. The van der Waals surface area contributed by atoms with Gasteiger partial charge in [0.15, 0.2) is 5.42 Å². The molecule has 0 spiro atoms. The Hall–Kier alpha value is -3.14. The van der Waals surface area contributed by atoms with E-state index < -0.39 is 0 Å². The van der Waals surface area contributed by atoms with Crippen LogP contribution >= 0.6 is 0 Å². The van der Waals surface area contributed by atoms with Gasteiger partial charge in [-0.1, -0.05) is 30.4 Å². The molecule has 4 nitrogen and oxygen atoms in total. The third-order valence-corrected chi connectivity index (χ3v) is 4.16. The van der Waals surface area contributed by atoms with Crippen LogP contribution < -0.4 is 15.5 Å². The van der Waals surface area contributed by atoms with Crippen molar-refractivity contribution in [1.29, 1.82) is 0 Å². The highest BCUT2D eigenvalue weighted by Gasteiger charge is 2.11. The summed E-state index contributed by atoms with van der Waals surface area (Å²) in [5, 5.41) is 0.887. The molecule has 0 saturated heterocycles. The van der Waals surface area contributed by atoms with E-state index in [1.807, 2.05) is 36.5 Å². The molecule has 1 aromatic carbocycles. The molecule has 4 rings (SSSR count). The second-order valence-electron chi connectivity index (χ2n) is 5.87. The maximum atomic E-state index is 5.92. The SMILES string of the molecule is COc1cc(-c2nc3c(o2)=CC=CCC=3)ccc1Cc1cccnc1. The van der Waals surface area contributed by atoms with Crippen LogP contribution in [0.2, 0.25) is 0 Å². The summed E-state index contributed by atoms with van der Waals surface area (Å²) in [6.45, 7) is 0. The van der Waals surface area contributed by atoms with Crippen molar-refractivity contribution in [1.82, 2.24) is 9.97 Å². The van der Waals surface area contributed by atoms with Gasteiger partial charge >= 0.3 is 0 Å². The zero-order chi connectivity index (χ0) is 17.1. The predicted octanol–water partition coefficient (Wildman–Crippen LogP) is 2.86. The molecule has 0 N–H and O–H groups in total. The summed E-state index contributed by atoms with van der Waals surface area (Å²) in [5.41, 5.74) is 3.95. The molecule has 0 fully saturated rings. The Kier molecular flexibility index (Phi) is 4.17. The Morgan fingerprint density at radius 1 is 1.24 bits per heavy atom.